The van der Waals surface area contributed by atoms with Crippen LogP contribution in [0.4, 0.5) is 5.13 Å². The van der Waals surface area contributed by atoms with Crippen LogP contribution in [-0.2, 0) is 11.4 Å². The van der Waals surface area contributed by atoms with Gasteiger partial charge in [0.1, 0.15) is 10.8 Å². The Morgan fingerprint density at radius 2 is 2.00 bits per heavy atom. The Balaban J connectivity index is 2.46. The number of rotatable bonds is 4. The van der Waals surface area contributed by atoms with E-state index in [9.17, 15) is 4.55 Å². The Bertz CT molecular complexity index is 654. The maximum absolute atomic E-state index is 12.6. The van der Waals surface area contributed by atoms with Crippen LogP contribution in [0.5, 0.6) is 0 Å². The average Bonchev–Trinajstić information content (AvgIpc) is 2.74. The van der Waals surface area contributed by atoms with E-state index in [-0.39, 0.29) is 10.8 Å². The fourth-order valence-corrected chi connectivity index (χ4v) is 3.99. The number of thiazole rings is 1. The van der Waals surface area contributed by atoms with Crippen LogP contribution in [0.15, 0.2) is 24.3 Å². The van der Waals surface area contributed by atoms with E-state index in [1.165, 1.54) is 11.3 Å². The first-order valence-corrected chi connectivity index (χ1v) is 9.20. The fraction of sp³-hybridized carbons (Fsp3) is 0.400. The van der Waals surface area contributed by atoms with Crippen molar-refractivity contribution in [3.63, 3.8) is 0 Å². The summed E-state index contributed by atoms with van der Waals surface area (Å²) < 4.78 is 15.4. The zero-order chi connectivity index (χ0) is 16.5. The minimum absolute atomic E-state index is 0.302. The van der Waals surface area contributed by atoms with Crippen molar-refractivity contribution < 1.29 is 4.55 Å². The number of halogens is 1. The molecule has 3 N–H and O–H groups in total. The second-order valence-electron chi connectivity index (χ2n) is 5.96. The van der Waals surface area contributed by atoms with Gasteiger partial charge >= 0.3 is 0 Å². The molecule has 1 aromatic heterocycles. The van der Waals surface area contributed by atoms with Gasteiger partial charge in [0.25, 0.3) is 0 Å². The average molecular weight is 358 g/mol. The van der Waals surface area contributed by atoms with Crippen molar-refractivity contribution in [2.24, 2.45) is 0 Å². The minimum atomic E-state index is -1.25. The monoisotopic (exact) mass is 357 g/mol. The molecule has 0 aliphatic carbocycles. The Morgan fingerprint density at radius 1 is 1.36 bits per heavy atom. The lowest BCUT2D eigenvalue weighted by Gasteiger charge is -2.28. The van der Waals surface area contributed by atoms with Crippen molar-refractivity contribution in [2.45, 2.75) is 38.5 Å². The highest BCUT2D eigenvalue weighted by molar-refractivity contribution is 7.90. The van der Waals surface area contributed by atoms with Crippen molar-refractivity contribution in [3.05, 3.63) is 45.4 Å². The molecule has 0 spiro atoms. The lowest BCUT2D eigenvalue weighted by atomic mass is 10.1. The Labute approximate surface area is 143 Å². The smallest absolute Gasteiger partial charge is 0.180 e. The molecule has 7 heteroatoms. The molecule has 120 valence electrons. The van der Waals surface area contributed by atoms with Crippen molar-refractivity contribution in [1.82, 2.24) is 9.71 Å². The molecule has 0 bridgehead atoms. The Hall–Kier alpha value is -0.790. The van der Waals surface area contributed by atoms with E-state index in [2.05, 4.69) is 9.71 Å². The number of aromatic nitrogens is 1. The van der Waals surface area contributed by atoms with Crippen LogP contribution >= 0.6 is 22.9 Å². The maximum atomic E-state index is 12.6. The molecule has 0 saturated heterocycles. The van der Waals surface area contributed by atoms with Crippen molar-refractivity contribution in [1.29, 1.82) is 0 Å². The number of hydrogen-bond donors (Lipinski definition) is 2. The number of aryl methyl sites for hydroxylation is 1. The summed E-state index contributed by atoms with van der Waals surface area (Å²) in [4.78, 5) is 5.20. The molecule has 1 unspecified atom stereocenters. The molecular formula is C15H20ClN3OS2. The Kier molecular flexibility index (Phi) is 5.40. The van der Waals surface area contributed by atoms with Crippen LogP contribution in [0.3, 0.4) is 0 Å². The number of nitrogens with two attached hydrogens (primary N) is 1. The van der Waals surface area contributed by atoms with Gasteiger partial charge in [0.2, 0.25) is 0 Å². The fourth-order valence-electron chi connectivity index (χ4n) is 1.95. The van der Waals surface area contributed by atoms with Gasteiger partial charge in [-0.2, -0.15) is 0 Å². The molecule has 1 aromatic carbocycles. The van der Waals surface area contributed by atoms with Gasteiger partial charge in [-0.05, 0) is 39.3 Å². The molecule has 0 saturated carbocycles. The van der Waals surface area contributed by atoms with E-state index in [0.717, 1.165) is 16.1 Å². The molecule has 0 aliphatic rings. The molecule has 4 nitrogen and oxygen atoms in total. The van der Waals surface area contributed by atoms with E-state index in [0.29, 0.717) is 10.2 Å². The summed E-state index contributed by atoms with van der Waals surface area (Å²) in [6, 6.07) is 7.23. The first-order chi connectivity index (χ1) is 10.2. The van der Waals surface area contributed by atoms with Crippen LogP contribution in [-0.4, -0.2) is 14.3 Å². The summed E-state index contributed by atoms with van der Waals surface area (Å²) in [6.07, 6.45) is 0. The minimum Gasteiger partial charge on any atom is -0.598 e. The number of benzene rings is 1. The number of nitrogens with one attached hydrogen (secondary N) is 1. The van der Waals surface area contributed by atoms with Crippen molar-refractivity contribution in [3.8, 4) is 0 Å². The quantitative estimate of drug-likeness (QED) is 0.815. The van der Waals surface area contributed by atoms with Gasteiger partial charge in [0, 0.05) is 16.4 Å². The molecule has 2 aromatic rings. The third-order valence-corrected chi connectivity index (χ3v) is 6.07. The van der Waals surface area contributed by atoms with Gasteiger partial charge in [-0.3, -0.25) is 0 Å². The first-order valence-electron chi connectivity index (χ1n) is 6.85. The van der Waals surface area contributed by atoms with Crippen LogP contribution in [0.2, 0.25) is 5.02 Å². The van der Waals surface area contributed by atoms with E-state index < -0.39 is 11.4 Å². The van der Waals surface area contributed by atoms with Crippen LogP contribution in [0, 0.1) is 6.92 Å². The summed E-state index contributed by atoms with van der Waals surface area (Å²) in [5, 5.41) is 1.12. The third-order valence-electron chi connectivity index (χ3n) is 3.11. The highest BCUT2D eigenvalue weighted by Gasteiger charge is 2.33. The second-order valence-corrected chi connectivity index (χ2v) is 9.42. The topological polar surface area (TPSA) is 74.0 Å². The predicted octanol–water partition coefficient (Wildman–Crippen LogP) is 3.83. The van der Waals surface area contributed by atoms with Gasteiger partial charge in [-0.1, -0.05) is 41.1 Å². The summed E-state index contributed by atoms with van der Waals surface area (Å²) in [6.45, 7) is 7.67. The third kappa shape index (κ3) is 3.94. The number of anilines is 1. The first kappa shape index (κ1) is 17.6. The Morgan fingerprint density at radius 3 is 2.50 bits per heavy atom. The van der Waals surface area contributed by atoms with Crippen molar-refractivity contribution in [2.75, 3.05) is 5.73 Å². The van der Waals surface area contributed by atoms with Crippen molar-refractivity contribution >= 4 is 39.4 Å². The van der Waals surface area contributed by atoms with Crippen LogP contribution in [0.25, 0.3) is 0 Å². The zero-order valence-corrected chi connectivity index (χ0v) is 15.4. The second kappa shape index (κ2) is 6.76. The summed E-state index contributed by atoms with van der Waals surface area (Å²) in [7, 11) is 0. The molecular weight excluding hydrogens is 338 g/mol. The predicted molar refractivity (Wildman–Crippen MR) is 95.6 cm³/mol. The lowest BCUT2D eigenvalue weighted by molar-refractivity contribution is 0.536. The van der Waals surface area contributed by atoms with E-state index in [4.69, 9.17) is 17.3 Å². The number of nitrogen functional groups attached to an aromatic ring is 1. The van der Waals surface area contributed by atoms with E-state index in [1.54, 1.807) is 0 Å². The molecule has 2 rings (SSSR count). The number of nitrogens with zero attached hydrogens (tertiary/aromatic N) is 1. The van der Waals surface area contributed by atoms with Gasteiger partial charge < -0.3 is 10.3 Å². The van der Waals surface area contributed by atoms with Gasteiger partial charge in [0.15, 0.2) is 5.13 Å². The highest BCUT2D eigenvalue weighted by Crippen LogP contribution is 2.35. The normalized spacial score (nSPS) is 14.8. The van der Waals surface area contributed by atoms with Gasteiger partial charge in [-0.25, -0.2) is 4.98 Å². The molecule has 0 fully saturated rings. The van der Waals surface area contributed by atoms with Crippen LogP contribution < -0.4 is 10.5 Å². The largest absolute Gasteiger partial charge is 0.598 e. The molecule has 0 aliphatic heterocycles. The zero-order valence-electron chi connectivity index (χ0n) is 13.0. The molecule has 1 heterocycles. The van der Waals surface area contributed by atoms with Gasteiger partial charge in [0.05, 0.1) is 10.6 Å². The van der Waals surface area contributed by atoms with Gasteiger partial charge in [-0.15, -0.1) is 4.72 Å². The summed E-state index contributed by atoms with van der Waals surface area (Å²) >= 11 is 6.48. The molecule has 0 amide bonds. The lowest BCUT2D eigenvalue weighted by Crippen LogP contribution is -2.41. The summed E-state index contributed by atoms with van der Waals surface area (Å²) in [5.41, 5.74) is 7.51. The highest BCUT2D eigenvalue weighted by atomic mass is 35.5. The maximum Gasteiger partial charge on any atom is 0.180 e. The molecule has 22 heavy (non-hydrogen) atoms. The summed E-state index contributed by atoms with van der Waals surface area (Å²) in [5.74, 6) is 0. The molecule has 2 atom stereocenters. The standard InChI is InChI=1S/C15H20ClN3OS2/c1-9-13(21-14(17)18-9)12(19-22(20)15(2,3)4)10-7-5-6-8-11(10)16/h5-8,12,19H,1-4H3,(H2,17,18)/t12-,22?/m0/s1. The SMILES string of the molecule is Cc1nc(N)sc1[C@@H](N[S+]([O-])C(C)(C)C)c1ccccc1Cl. The number of hydrogen-bond acceptors (Lipinski definition) is 5. The van der Waals surface area contributed by atoms with E-state index >= 15 is 0 Å². The van der Waals surface area contributed by atoms with E-state index in [1.807, 2.05) is 52.0 Å². The van der Waals surface area contributed by atoms with Crippen LogP contribution in [0.1, 0.15) is 42.9 Å². The molecule has 0 radical (unpaired) electrons.